The largest absolute Gasteiger partial charge is 0.465 e. The molecule has 2 rings (SSSR count). The summed E-state index contributed by atoms with van der Waals surface area (Å²) in [6.07, 6.45) is -5.91. The van der Waals surface area contributed by atoms with E-state index in [1.54, 1.807) is 37.3 Å². The summed E-state index contributed by atoms with van der Waals surface area (Å²) in [5.41, 5.74) is 9.88. The Bertz CT molecular complexity index is 766. The van der Waals surface area contributed by atoms with Gasteiger partial charge in [0.25, 0.3) is 0 Å². The normalized spacial score (nSPS) is 12.6. The van der Waals surface area contributed by atoms with Crippen molar-refractivity contribution in [3.8, 4) is 0 Å². The molecule has 1 heterocycles. The molecule has 1 amide bonds. The first-order valence-corrected chi connectivity index (χ1v) is 7.37. The van der Waals surface area contributed by atoms with Crippen molar-refractivity contribution in [1.29, 1.82) is 0 Å². The van der Waals surface area contributed by atoms with Crippen molar-refractivity contribution >= 4 is 23.3 Å². The number of benzene rings is 1. The fraction of sp³-hybridized carbons (Fsp3) is 0.250. The fourth-order valence-corrected chi connectivity index (χ4v) is 2.55. The third-order valence-electron chi connectivity index (χ3n) is 3.71. The van der Waals surface area contributed by atoms with Crippen LogP contribution in [0.2, 0.25) is 0 Å². The molecular formula is C16H17F3N4O2. The molecule has 134 valence electrons. The molecule has 2 aromatic rings. The van der Waals surface area contributed by atoms with Gasteiger partial charge in [0, 0.05) is 0 Å². The second-order valence-corrected chi connectivity index (χ2v) is 5.31. The zero-order chi connectivity index (χ0) is 18.8. The topological polar surface area (TPSA) is 105 Å². The van der Waals surface area contributed by atoms with Crippen molar-refractivity contribution in [2.45, 2.75) is 25.6 Å². The average molecular weight is 354 g/mol. The van der Waals surface area contributed by atoms with E-state index in [1.807, 2.05) is 0 Å². The Morgan fingerprint density at radius 1 is 1.28 bits per heavy atom. The number of carboxylic acid groups (broad SMARTS) is 1. The summed E-state index contributed by atoms with van der Waals surface area (Å²) in [7, 11) is 0. The first-order valence-electron chi connectivity index (χ1n) is 7.37. The summed E-state index contributed by atoms with van der Waals surface area (Å²) in [6, 6.07) is 8.43. The number of hydrogen-bond acceptors (Lipinski definition) is 4. The van der Waals surface area contributed by atoms with Gasteiger partial charge in [-0.15, -0.1) is 0 Å². The van der Waals surface area contributed by atoms with Crippen LogP contribution in [0.3, 0.4) is 0 Å². The van der Waals surface area contributed by atoms with Gasteiger partial charge in [-0.05, 0) is 18.1 Å². The van der Waals surface area contributed by atoms with Gasteiger partial charge >= 0.3 is 12.3 Å². The van der Waals surface area contributed by atoms with E-state index in [4.69, 9.17) is 11.5 Å². The average Bonchev–Trinajstić information content (AvgIpc) is 2.55. The highest BCUT2D eigenvalue weighted by Gasteiger charge is 2.36. The second-order valence-electron chi connectivity index (χ2n) is 5.31. The first-order chi connectivity index (χ1) is 11.7. The van der Waals surface area contributed by atoms with Gasteiger partial charge in [-0.2, -0.15) is 13.2 Å². The Morgan fingerprint density at radius 3 is 2.36 bits per heavy atom. The second kappa shape index (κ2) is 6.88. The predicted octanol–water partition coefficient (Wildman–Crippen LogP) is 3.90. The van der Waals surface area contributed by atoms with Crippen molar-refractivity contribution in [1.82, 2.24) is 4.98 Å². The molecule has 6 nitrogen and oxygen atoms in total. The minimum Gasteiger partial charge on any atom is -0.465 e. The summed E-state index contributed by atoms with van der Waals surface area (Å²) in [5, 5.41) is 9.63. The maximum Gasteiger partial charge on any atom is 0.433 e. The van der Waals surface area contributed by atoms with Gasteiger partial charge in [-0.3, -0.25) is 4.90 Å². The molecule has 0 spiro atoms. The highest BCUT2D eigenvalue weighted by Crippen LogP contribution is 2.39. The smallest absolute Gasteiger partial charge is 0.433 e. The molecule has 0 fully saturated rings. The minimum absolute atomic E-state index is 0.315. The van der Waals surface area contributed by atoms with Gasteiger partial charge in [0.15, 0.2) is 0 Å². The van der Waals surface area contributed by atoms with Crippen molar-refractivity contribution < 1.29 is 23.1 Å². The van der Waals surface area contributed by atoms with Crippen molar-refractivity contribution in [3.63, 3.8) is 0 Å². The number of amides is 1. The van der Waals surface area contributed by atoms with E-state index in [9.17, 15) is 23.1 Å². The Kier molecular flexibility index (Phi) is 5.05. The van der Waals surface area contributed by atoms with Crippen LogP contribution in [0.25, 0.3) is 0 Å². The fourth-order valence-electron chi connectivity index (χ4n) is 2.55. The number of rotatable bonds is 4. The highest BCUT2D eigenvalue weighted by molar-refractivity contribution is 5.93. The van der Waals surface area contributed by atoms with E-state index in [1.165, 1.54) is 0 Å². The van der Waals surface area contributed by atoms with Crippen LogP contribution in [0.4, 0.5) is 35.2 Å². The maximum absolute atomic E-state index is 13.0. The van der Waals surface area contributed by atoms with Gasteiger partial charge in [0.2, 0.25) is 0 Å². The van der Waals surface area contributed by atoms with Crippen molar-refractivity contribution in [2.24, 2.45) is 0 Å². The molecule has 0 aliphatic heterocycles. The van der Waals surface area contributed by atoms with E-state index in [2.05, 4.69) is 4.98 Å². The molecule has 0 aliphatic carbocycles. The lowest BCUT2D eigenvalue weighted by Gasteiger charge is -2.30. The number of hydrogen-bond donors (Lipinski definition) is 3. The molecule has 1 aromatic carbocycles. The summed E-state index contributed by atoms with van der Waals surface area (Å²) >= 11 is 0. The molecule has 0 aliphatic rings. The number of alkyl halides is 3. The lowest BCUT2D eigenvalue weighted by atomic mass is 10.0. The van der Waals surface area contributed by atoms with Crippen molar-refractivity contribution in [3.05, 3.63) is 47.7 Å². The van der Waals surface area contributed by atoms with Crippen LogP contribution in [0, 0.1) is 0 Å². The molecule has 25 heavy (non-hydrogen) atoms. The molecule has 0 saturated carbocycles. The summed E-state index contributed by atoms with van der Waals surface area (Å²) < 4.78 is 39.1. The van der Waals surface area contributed by atoms with Crippen LogP contribution in [-0.2, 0) is 6.18 Å². The molecule has 5 N–H and O–H groups in total. The van der Waals surface area contributed by atoms with Gasteiger partial charge in [-0.1, -0.05) is 37.3 Å². The van der Waals surface area contributed by atoms with Crippen molar-refractivity contribution in [2.75, 3.05) is 16.4 Å². The van der Waals surface area contributed by atoms with Gasteiger partial charge in [-0.25, -0.2) is 9.78 Å². The van der Waals surface area contributed by atoms with Crippen LogP contribution in [0.15, 0.2) is 36.4 Å². The number of nitrogens with zero attached hydrogens (tertiary/aromatic N) is 2. The molecule has 1 aromatic heterocycles. The number of anilines is 3. The SMILES string of the molecule is CCC(c1ccccc1)N(C(=O)O)c1cc(C(F)(F)F)nc(N)c1N. The van der Waals surface area contributed by atoms with E-state index in [-0.39, 0.29) is 11.4 Å². The molecule has 9 heteroatoms. The first kappa shape index (κ1) is 18.4. The number of halogens is 3. The van der Waals surface area contributed by atoms with Crippen LogP contribution in [0.1, 0.15) is 30.6 Å². The zero-order valence-electron chi connectivity index (χ0n) is 13.3. The predicted molar refractivity (Wildman–Crippen MR) is 88.0 cm³/mol. The molecule has 0 radical (unpaired) electrons. The van der Waals surface area contributed by atoms with Gasteiger partial charge in [0.1, 0.15) is 11.5 Å². The Labute approximate surface area is 141 Å². The molecule has 0 saturated heterocycles. The summed E-state index contributed by atoms with van der Waals surface area (Å²) in [5.74, 6) is -0.570. The van der Waals surface area contributed by atoms with Crippen LogP contribution < -0.4 is 16.4 Å². The van der Waals surface area contributed by atoms with E-state index in [0.717, 1.165) is 4.90 Å². The van der Waals surface area contributed by atoms with Crippen LogP contribution in [-0.4, -0.2) is 16.2 Å². The molecule has 0 bridgehead atoms. The Hall–Kier alpha value is -2.97. The number of carbonyl (C=O) groups is 1. The lowest BCUT2D eigenvalue weighted by molar-refractivity contribution is -0.141. The highest BCUT2D eigenvalue weighted by atomic mass is 19.4. The monoisotopic (exact) mass is 354 g/mol. The Morgan fingerprint density at radius 2 is 1.88 bits per heavy atom. The maximum atomic E-state index is 13.0. The number of aromatic nitrogens is 1. The van der Waals surface area contributed by atoms with Crippen LogP contribution >= 0.6 is 0 Å². The zero-order valence-corrected chi connectivity index (χ0v) is 13.3. The van der Waals surface area contributed by atoms with Gasteiger partial charge < -0.3 is 16.6 Å². The molecule has 1 atom stereocenters. The van der Waals surface area contributed by atoms with E-state index >= 15 is 0 Å². The third-order valence-corrected chi connectivity index (χ3v) is 3.71. The molecular weight excluding hydrogens is 337 g/mol. The number of pyridine rings is 1. The third kappa shape index (κ3) is 3.76. The Balaban J connectivity index is 2.65. The van der Waals surface area contributed by atoms with E-state index in [0.29, 0.717) is 18.1 Å². The number of nitrogens with two attached hydrogens (primary N) is 2. The standard InChI is InChI=1S/C16H17F3N4O2/c1-2-10(9-6-4-3-5-7-9)23(15(24)25)11-8-12(16(17,18)19)22-14(21)13(11)20/h3-8,10H,2,20H2,1H3,(H2,21,22)(H,24,25). The summed E-state index contributed by atoms with van der Waals surface area (Å²) in [6.45, 7) is 1.72. The summed E-state index contributed by atoms with van der Waals surface area (Å²) in [4.78, 5) is 15.8. The van der Waals surface area contributed by atoms with Gasteiger partial charge in [0.05, 0.1) is 17.4 Å². The van der Waals surface area contributed by atoms with Crippen LogP contribution in [0.5, 0.6) is 0 Å². The molecule has 1 unspecified atom stereocenters. The minimum atomic E-state index is -4.78. The number of nitrogen functional groups attached to an aromatic ring is 2. The van der Waals surface area contributed by atoms with E-state index < -0.39 is 29.8 Å². The quantitative estimate of drug-likeness (QED) is 0.772. The lowest BCUT2D eigenvalue weighted by Crippen LogP contribution is -2.34.